The number of aliphatic hydroxyl groups is 1. The third-order valence-corrected chi connectivity index (χ3v) is 2.55. The summed E-state index contributed by atoms with van der Waals surface area (Å²) in [5.41, 5.74) is 7.02. The molecule has 0 aliphatic rings. The van der Waals surface area contributed by atoms with Crippen LogP contribution in [-0.4, -0.2) is 31.2 Å². The number of aromatic nitrogens is 4. The zero-order valence-electron chi connectivity index (χ0n) is 9.17. The van der Waals surface area contributed by atoms with Crippen LogP contribution in [0.15, 0.2) is 12.5 Å². The summed E-state index contributed by atoms with van der Waals surface area (Å²) < 4.78 is 1.93. The van der Waals surface area contributed by atoms with E-state index in [0.717, 1.165) is 24.1 Å². The molecule has 2 aromatic heterocycles. The smallest absolute Gasteiger partial charge is 0.222 e. The third-order valence-electron chi connectivity index (χ3n) is 2.55. The van der Waals surface area contributed by atoms with Crippen LogP contribution >= 0.6 is 0 Å². The van der Waals surface area contributed by atoms with Crippen LogP contribution in [0, 0.1) is 5.92 Å². The molecule has 86 valence electrons. The zero-order chi connectivity index (χ0) is 11.5. The van der Waals surface area contributed by atoms with Crippen LogP contribution in [0.3, 0.4) is 0 Å². The van der Waals surface area contributed by atoms with Gasteiger partial charge in [0.25, 0.3) is 0 Å². The van der Waals surface area contributed by atoms with Gasteiger partial charge in [-0.05, 0) is 12.3 Å². The SMILES string of the molecule is CC(CO)CCn1cnc2cnc(N)nc21. The number of nitrogens with zero attached hydrogens (tertiary/aromatic N) is 4. The Morgan fingerprint density at radius 2 is 2.31 bits per heavy atom. The first-order valence-corrected chi connectivity index (χ1v) is 5.25. The molecule has 0 amide bonds. The van der Waals surface area contributed by atoms with Crippen LogP contribution in [0.2, 0.25) is 0 Å². The van der Waals surface area contributed by atoms with Gasteiger partial charge in [0.1, 0.15) is 5.52 Å². The third kappa shape index (κ3) is 2.11. The molecule has 3 N–H and O–H groups in total. The van der Waals surface area contributed by atoms with Gasteiger partial charge in [0.2, 0.25) is 5.95 Å². The molecule has 0 bridgehead atoms. The average Bonchev–Trinajstić information content (AvgIpc) is 2.68. The fourth-order valence-electron chi connectivity index (χ4n) is 1.48. The standard InChI is InChI=1S/C10H15N5O/c1-7(5-16)2-3-15-6-13-8-4-12-10(11)14-9(8)15/h4,6-7,16H,2-3,5H2,1H3,(H2,11,12,14). The molecule has 0 spiro atoms. The number of rotatable bonds is 4. The average molecular weight is 221 g/mol. The lowest BCUT2D eigenvalue weighted by Gasteiger charge is -2.08. The van der Waals surface area contributed by atoms with Gasteiger partial charge in [-0.2, -0.15) is 4.98 Å². The minimum atomic E-state index is 0.198. The predicted molar refractivity (Wildman–Crippen MR) is 60.6 cm³/mol. The Balaban J connectivity index is 2.21. The molecule has 1 unspecified atom stereocenters. The Morgan fingerprint density at radius 3 is 3.06 bits per heavy atom. The van der Waals surface area contributed by atoms with Crippen molar-refractivity contribution in [1.29, 1.82) is 0 Å². The highest BCUT2D eigenvalue weighted by atomic mass is 16.3. The normalized spacial score (nSPS) is 13.1. The monoisotopic (exact) mass is 221 g/mol. The van der Waals surface area contributed by atoms with Crippen molar-refractivity contribution in [2.24, 2.45) is 5.92 Å². The van der Waals surface area contributed by atoms with E-state index in [2.05, 4.69) is 15.0 Å². The lowest BCUT2D eigenvalue weighted by atomic mass is 10.1. The molecule has 0 aromatic carbocycles. The van der Waals surface area contributed by atoms with Crippen molar-refractivity contribution < 1.29 is 5.11 Å². The van der Waals surface area contributed by atoms with Crippen LogP contribution in [0.25, 0.3) is 11.2 Å². The molecule has 1 atom stereocenters. The second kappa shape index (κ2) is 4.44. The molecule has 0 saturated heterocycles. The Morgan fingerprint density at radius 1 is 1.50 bits per heavy atom. The predicted octanol–water partition coefficient (Wildman–Crippen LogP) is 0.427. The van der Waals surface area contributed by atoms with E-state index in [4.69, 9.17) is 10.8 Å². The highest BCUT2D eigenvalue weighted by molar-refractivity contribution is 5.70. The topological polar surface area (TPSA) is 89.8 Å². The summed E-state index contributed by atoms with van der Waals surface area (Å²) in [4.78, 5) is 12.2. The maximum Gasteiger partial charge on any atom is 0.222 e. The minimum Gasteiger partial charge on any atom is -0.396 e. The molecule has 16 heavy (non-hydrogen) atoms. The number of imidazole rings is 1. The molecule has 0 aliphatic heterocycles. The summed E-state index contributed by atoms with van der Waals surface area (Å²) in [5.74, 6) is 0.529. The highest BCUT2D eigenvalue weighted by Gasteiger charge is 2.06. The van der Waals surface area contributed by atoms with Crippen molar-refractivity contribution in [2.45, 2.75) is 19.9 Å². The Labute approximate surface area is 93.1 Å². The summed E-state index contributed by atoms with van der Waals surface area (Å²) in [5, 5.41) is 8.95. The van der Waals surface area contributed by atoms with Crippen molar-refractivity contribution in [2.75, 3.05) is 12.3 Å². The number of nitrogen functional groups attached to an aromatic ring is 1. The number of fused-ring (bicyclic) bond motifs is 1. The minimum absolute atomic E-state index is 0.198. The summed E-state index contributed by atoms with van der Waals surface area (Å²) in [6.07, 6.45) is 4.22. The number of aryl methyl sites for hydroxylation is 1. The van der Waals surface area contributed by atoms with Crippen LogP contribution in [0.1, 0.15) is 13.3 Å². The van der Waals surface area contributed by atoms with Gasteiger partial charge in [0, 0.05) is 13.2 Å². The van der Waals surface area contributed by atoms with Crippen molar-refractivity contribution in [3.63, 3.8) is 0 Å². The summed E-state index contributed by atoms with van der Waals surface area (Å²) >= 11 is 0. The van der Waals surface area contributed by atoms with Gasteiger partial charge in [0.05, 0.1) is 12.5 Å². The van der Waals surface area contributed by atoms with Gasteiger partial charge >= 0.3 is 0 Å². The van der Waals surface area contributed by atoms with E-state index in [9.17, 15) is 0 Å². The van der Waals surface area contributed by atoms with Gasteiger partial charge in [-0.3, -0.25) is 0 Å². The van der Waals surface area contributed by atoms with Crippen molar-refractivity contribution in [3.8, 4) is 0 Å². The Hall–Kier alpha value is -1.69. The molecule has 0 aliphatic carbocycles. The molecule has 0 saturated carbocycles. The number of anilines is 1. The van der Waals surface area contributed by atoms with Crippen LogP contribution < -0.4 is 5.73 Å². The number of hydrogen-bond acceptors (Lipinski definition) is 5. The van der Waals surface area contributed by atoms with E-state index in [1.165, 1.54) is 0 Å². The summed E-state index contributed by atoms with van der Waals surface area (Å²) in [6.45, 7) is 2.97. The molecule has 6 nitrogen and oxygen atoms in total. The van der Waals surface area contributed by atoms with Crippen molar-refractivity contribution in [1.82, 2.24) is 19.5 Å². The van der Waals surface area contributed by atoms with E-state index >= 15 is 0 Å². The largest absolute Gasteiger partial charge is 0.396 e. The first kappa shape index (κ1) is 10.8. The quantitative estimate of drug-likeness (QED) is 0.781. The Bertz CT molecular complexity index is 481. The molecule has 6 heteroatoms. The maximum atomic E-state index is 8.95. The first-order chi connectivity index (χ1) is 7.70. The number of hydrogen-bond donors (Lipinski definition) is 2. The number of nitrogens with two attached hydrogens (primary N) is 1. The van der Waals surface area contributed by atoms with E-state index < -0.39 is 0 Å². The molecule has 0 fully saturated rings. The lowest BCUT2D eigenvalue weighted by molar-refractivity contribution is 0.226. The van der Waals surface area contributed by atoms with E-state index in [1.54, 1.807) is 12.5 Å². The zero-order valence-corrected chi connectivity index (χ0v) is 9.17. The van der Waals surface area contributed by atoms with Gasteiger partial charge in [-0.25, -0.2) is 9.97 Å². The number of aliphatic hydroxyl groups excluding tert-OH is 1. The van der Waals surface area contributed by atoms with E-state index in [-0.39, 0.29) is 18.5 Å². The molecule has 2 aromatic rings. The highest BCUT2D eigenvalue weighted by Crippen LogP contribution is 2.12. The fraction of sp³-hybridized carbons (Fsp3) is 0.500. The van der Waals surface area contributed by atoms with E-state index in [0.29, 0.717) is 0 Å². The van der Waals surface area contributed by atoms with Crippen LogP contribution in [-0.2, 0) is 6.54 Å². The molecule has 2 rings (SSSR count). The Kier molecular flexibility index (Phi) is 3.00. The maximum absolute atomic E-state index is 8.95. The van der Waals surface area contributed by atoms with Gasteiger partial charge in [0.15, 0.2) is 5.65 Å². The summed E-state index contributed by atoms with van der Waals surface area (Å²) in [6, 6.07) is 0. The fourth-order valence-corrected chi connectivity index (χ4v) is 1.48. The summed E-state index contributed by atoms with van der Waals surface area (Å²) in [7, 11) is 0. The molecular weight excluding hydrogens is 206 g/mol. The molecule has 0 radical (unpaired) electrons. The van der Waals surface area contributed by atoms with Crippen LogP contribution in [0.4, 0.5) is 5.95 Å². The molecule has 2 heterocycles. The van der Waals surface area contributed by atoms with E-state index in [1.807, 2.05) is 11.5 Å². The second-order valence-corrected chi connectivity index (χ2v) is 3.95. The van der Waals surface area contributed by atoms with Crippen molar-refractivity contribution >= 4 is 17.1 Å². The first-order valence-electron chi connectivity index (χ1n) is 5.25. The van der Waals surface area contributed by atoms with Gasteiger partial charge in [-0.15, -0.1) is 0 Å². The molecular formula is C10H15N5O. The van der Waals surface area contributed by atoms with Crippen LogP contribution in [0.5, 0.6) is 0 Å². The second-order valence-electron chi connectivity index (χ2n) is 3.95. The van der Waals surface area contributed by atoms with Crippen molar-refractivity contribution in [3.05, 3.63) is 12.5 Å². The lowest BCUT2D eigenvalue weighted by Crippen LogP contribution is -2.07. The van der Waals surface area contributed by atoms with Gasteiger partial charge in [-0.1, -0.05) is 6.92 Å². The van der Waals surface area contributed by atoms with Gasteiger partial charge < -0.3 is 15.4 Å².